The van der Waals surface area contributed by atoms with Crippen LogP contribution in [-0.4, -0.2) is 27.5 Å². The van der Waals surface area contributed by atoms with E-state index in [9.17, 15) is 10.2 Å². The second-order valence-electron chi connectivity index (χ2n) is 3.51. The second-order valence-corrected chi connectivity index (χ2v) is 3.51. The SMILES string of the molecule is Oc1ccc(C2=CC(O)C(O)C=C2)cc1. The Morgan fingerprint density at radius 1 is 0.933 bits per heavy atom. The fraction of sp³-hybridized carbons (Fsp3) is 0.167. The van der Waals surface area contributed by atoms with Crippen molar-refractivity contribution in [1.29, 1.82) is 0 Å². The number of hydrogen-bond donors (Lipinski definition) is 3. The zero-order valence-electron chi connectivity index (χ0n) is 8.04. The quantitative estimate of drug-likeness (QED) is 0.641. The molecule has 1 aliphatic rings. The Balaban J connectivity index is 2.29. The molecule has 0 saturated carbocycles. The van der Waals surface area contributed by atoms with Crippen LogP contribution >= 0.6 is 0 Å². The highest BCUT2D eigenvalue weighted by Crippen LogP contribution is 2.23. The molecule has 3 N–H and O–H groups in total. The largest absolute Gasteiger partial charge is 0.508 e. The minimum Gasteiger partial charge on any atom is -0.508 e. The number of benzene rings is 1. The number of phenolic OH excluding ortho intramolecular Hbond substituents is 1. The van der Waals surface area contributed by atoms with E-state index in [-0.39, 0.29) is 5.75 Å². The van der Waals surface area contributed by atoms with E-state index in [2.05, 4.69) is 0 Å². The molecule has 15 heavy (non-hydrogen) atoms. The lowest BCUT2D eigenvalue weighted by atomic mass is 9.97. The molecule has 0 radical (unpaired) electrons. The lowest BCUT2D eigenvalue weighted by Crippen LogP contribution is -2.23. The number of rotatable bonds is 1. The van der Waals surface area contributed by atoms with Crippen molar-refractivity contribution >= 4 is 5.57 Å². The molecule has 0 heterocycles. The van der Waals surface area contributed by atoms with Gasteiger partial charge in [-0.2, -0.15) is 0 Å². The molecule has 2 rings (SSSR count). The maximum atomic E-state index is 9.44. The van der Waals surface area contributed by atoms with Gasteiger partial charge in [-0.25, -0.2) is 0 Å². The Kier molecular flexibility index (Phi) is 2.58. The highest BCUT2D eigenvalue weighted by atomic mass is 16.3. The number of aromatic hydroxyl groups is 1. The zero-order valence-corrected chi connectivity index (χ0v) is 8.04. The van der Waals surface area contributed by atoms with E-state index >= 15 is 0 Å². The molecule has 2 atom stereocenters. The normalized spacial score (nSPS) is 25.1. The summed E-state index contributed by atoms with van der Waals surface area (Å²) in [6, 6.07) is 6.69. The van der Waals surface area contributed by atoms with Crippen LogP contribution in [0.3, 0.4) is 0 Å². The third-order valence-corrected chi connectivity index (χ3v) is 2.37. The molecule has 3 heteroatoms. The highest BCUT2D eigenvalue weighted by molar-refractivity contribution is 5.75. The van der Waals surface area contributed by atoms with Crippen LogP contribution < -0.4 is 0 Å². The maximum Gasteiger partial charge on any atom is 0.115 e. The topological polar surface area (TPSA) is 60.7 Å². The second kappa shape index (κ2) is 3.88. The molecule has 0 spiro atoms. The summed E-state index contributed by atoms with van der Waals surface area (Å²) in [4.78, 5) is 0. The predicted molar refractivity (Wildman–Crippen MR) is 57.2 cm³/mol. The van der Waals surface area contributed by atoms with Crippen LogP contribution in [0.4, 0.5) is 0 Å². The molecule has 2 unspecified atom stereocenters. The van der Waals surface area contributed by atoms with Gasteiger partial charge in [0.2, 0.25) is 0 Å². The van der Waals surface area contributed by atoms with Gasteiger partial charge in [0.15, 0.2) is 0 Å². The highest BCUT2D eigenvalue weighted by Gasteiger charge is 2.15. The molecule has 1 aliphatic carbocycles. The van der Waals surface area contributed by atoms with Crippen LogP contribution in [-0.2, 0) is 0 Å². The van der Waals surface area contributed by atoms with Crippen LogP contribution in [0.15, 0.2) is 42.5 Å². The van der Waals surface area contributed by atoms with Crippen molar-refractivity contribution < 1.29 is 15.3 Å². The molecular weight excluding hydrogens is 192 g/mol. The van der Waals surface area contributed by atoms with E-state index in [4.69, 9.17) is 5.11 Å². The first-order chi connectivity index (χ1) is 7.16. The zero-order chi connectivity index (χ0) is 10.8. The van der Waals surface area contributed by atoms with Gasteiger partial charge < -0.3 is 15.3 Å². The number of hydrogen-bond acceptors (Lipinski definition) is 3. The molecular formula is C12H12O3. The Morgan fingerprint density at radius 2 is 1.60 bits per heavy atom. The molecule has 1 aromatic rings. The average Bonchev–Trinajstić information content (AvgIpc) is 2.23. The van der Waals surface area contributed by atoms with Crippen LogP contribution in [0.2, 0.25) is 0 Å². The first-order valence-electron chi connectivity index (χ1n) is 4.72. The standard InChI is InChI=1S/C12H12O3/c13-10-4-1-8(2-5-10)9-3-6-11(14)12(15)7-9/h1-7,11-15H. The van der Waals surface area contributed by atoms with Crippen molar-refractivity contribution in [3.05, 3.63) is 48.1 Å². The van der Waals surface area contributed by atoms with Crippen molar-refractivity contribution in [3.8, 4) is 5.75 Å². The third-order valence-electron chi connectivity index (χ3n) is 2.37. The van der Waals surface area contributed by atoms with Crippen molar-refractivity contribution in [2.24, 2.45) is 0 Å². The predicted octanol–water partition coefficient (Wildman–Crippen LogP) is 1.07. The summed E-state index contributed by atoms with van der Waals surface area (Å²) >= 11 is 0. The summed E-state index contributed by atoms with van der Waals surface area (Å²) in [6.45, 7) is 0. The van der Waals surface area contributed by atoms with Gasteiger partial charge in [0.25, 0.3) is 0 Å². The van der Waals surface area contributed by atoms with Crippen LogP contribution in [0, 0.1) is 0 Å². The van der Waals surface area contributed by atoms with Gasteiger partial charge >= 0.3 is 0 Å². The Morgan fingerprint density at radius 3 is 2.20 bits per heavy atom. The fourth-order valence-corrected chi connectivity index (χ4v) is 1.50. The Hall–Kier alpha value is -1.58. The molecule has 0 bridgehead atoms. The van der Waals surface area contributed by atoms with Gasteiger partial charge in [0, 0.05) is 0 Å². The van der Waals surface area contributed by atoms with Crippen LogP contribution in [0.25, 0.3) is 5.57 Å². The van der Waals surface area contributed by atoms with E-state index in [0.29, 0.717) is 0 Å². The van der Waals surface area contributed by atoms with E-state index in [1.54, 1.807) is 42.5 Å². The molecule has 0 aromatic heterocycles. The first kappa shape index (κ1) is 9.96. The van der Waals surface area contributed by atoms with Crippen molar-refractivity contribution in [2.75, 3.05) is 0 Å². The molecule has 0 fully saturated rings. The molecule has 0 saturated heterocycles. The van der Waals surface area contributed by atoms with Gasteiger partial charge in [-0.15, -0.1) is 0 Å². The van der Waals surface area contributed by atoms with Crippen molar-refractivity contribution in [3.63, 3.8) is 0 Å². The van der Waals surface area contributed by atoms with E-state index < -0.39 is 12.2 Å². The smallest absolute Gasteiger partial charge is 0.115 e. The summed E-state index contributed by atoms with van der Waals surface area (Å²) in [5, 5.41) is 27.8. The monoisotopic (exact) mass is 204 g/mol. The van der Waals surface area contributed by atoms with E-state index in [1.807, 2.05) is 0 Å². The van der Waals surface area contributed by atoms with Gasteiger partial charge in [0.1, 0.15) is 18.0 Å². The lowest BCUT2D eigenvalue weighted by Gasteiger charge is -2.17. The first-order valence-corrected chi connectivity index (χ1v) is 4.72. The van der Waals surface area contributed by atoms with E-state index in [0.717, 1.165) is 11.1 Å². The minimum absolute atomic E-state index is 0.208. The molecule has 0 aliphatic heterocycles. The van der Waals surface area contributed by atoms with Crippen molar-refractivity contribution in [2.45, 2.75) is 12.2 Å². The van der Waals surface area contributed by atoms with Gasteiger partial charge in [0.05, 0.1) is 0 Å². The Labute approximate surface area is 87.6 Å². The fourth-order valence-electron chi connectivity index (χ4n) is 1.50. The van der Waals surface area contributed by atoms with Gasteiger partial charge in [-0.1, -0.05) is 24.3 Å². The average molecular weight is 204 g/mol. The number of aliphatic hydroxyl groups excluding tert-OH is 2. The van der Waals surface area contributed by atoms with Crippen LogP contribution in [0.5, 0.6) is 5.75 Å². The number of aliphatic hydroxyl groups is 2. The molecule has 78 valence electrons. The molecule has 0 amide bonds. The minimum atomic E-state index is -0.862. The number of phenols is 1. The van der Waals surface area contributed by atoms with Gasteiger partial charge in [-0.05, 0) is 29.3 Å². The summed E-state index contributed by atoms with van der Waals surface area (Å²) in [5.74, 6) is 0.208. The third kappa shape index (κ3) is 2.09. The summed E-state index contributed by atoms with van der Waals surface area (Å²) in [7, 11) is 0. The summed E-state index contributed by atoms with van der Waals surface area (Å²) in [5.41, 5.74) is 1.74. The van der Waals surface area contributed by atoms with Gasteiger partial charge in [-0.3, -0.25) is 0 Å². The van der Waals surface area contributed by atoms with E-state index in [1.165, 1.54) is 0 Å². The maximum absolute atomic E-state index is 9.44. The summed E-state index contributed by atoms with van der Waals surface area (Å²) < 4.78 is 0. The van der Waals surface area contributed by atoms with Crippen molar-refractivity contribution in [1.82, 2.24) is 0 Å². The molecule has 3 nitrogen and oxygen atoms in total. The number of allylic oxidation sites excluding steroid dienone is 2. The van der Waals surface area contributed by atoms with Crippen LogP contribution in [0.1, 0.15) is 5.56 Å². The Bertz CT molecular complexity index is 403. The summed E-state index contributed by atoms with van der Waals surface area (Å²) in [6.07, 6.45) is 3.21. The molecule has 1 aromatic carbocycles. The lowest BCUT2D eigenvalue weighted by molar-refractivity contribution is 0.0799.